The van der Waals surface area contributed by atoms with Crippen LogP contribution in [0.3, 0.4) is 0 Å². The number of hydrogen-bond acceptors (Lipinski definition) is 3. The van der Waals surface area contributed by atoms with Crippen LogP contribution in [0, 0.1) is 0 Å². The quantitative estimate of drug-likeness (QED) is 0.469. The fourth-order valence-electron chi connectivity index (χ4n) is 1.60. The minimum Gasteiger partial charge on any atom is -0.488 e. The zero-order chi connectivity index (χ0) is 19.9. The summed E-state index contributed by atoms with van der Waals surface area (Å²) in [6.07, 6.45) is 1.37. The molecule has 0 aromatic heterocycles. The summed E-state index contributed by atoms with van der Waals surface area (Å²) < 4.78 is 5.97. The van der Waals surface area contributed by atoms with E-state index in [4.69, 9.17) is 39.5 Å². The molecule has 1 atom stereocenters. The summed E-state index contributed by atoms with van der Waals surface area (Å²) in [5.41, 5.74) is 0.294. The van der Waals surface area contributed by atoms with Gasteiger partial charge in [0.15, 0.2) is 0 Å². The molecule has 26 heavy (non-hydrogen) atoms. The van der Waals surface area contributed by atoms with Crippen LogP contribution in [0.1, 0.15) is 17.3 Å². The van der Waals surface area contributed by atoms with Crippen LogP contribution in [-0.2, 0) is 4.79 Å². The van der Waals surface area contributed by atoms with E-state index in [1.54, 1.807) is 38.1 Å². The highest BCUT2D eigenvalue weighted by atomic mass is 79.9. The molecule has 2 amide bonds. The summed E-state index contributed by atoms with van der Waals surface area (Å²) in [6.45, 7) is 1.51. The van der Waals surface area contributed by atoms with Crippen molar-refractivity contribution in [1.29, 1.82) is 0 Å². The van der Waals surface area contributed by atoms with E-state index >= 15 is 0 Å². The minimum absolute atomic E-state index is 0.0461. The summed E-state index contributed by atoms with van der Waals surface area (Å²) in [5, 5.41) is 2.72. The molecule has 1 aromatic carbocycles. The van der Waals surface area contributed by atoms with Gasteiger partial charge in [0.25, 0.3) is 11.8 Å². The van der Waals surface area contributed by atoms with Crippen molar-refractivity contribution in [2.45, 2.75) is 13.0 Å². The highest BCUT2D eigenvalue weighted by molar-refractivity contribution is 9.10. The van der Waals surface area contributed by atoms with Gasteiger partial charge in [0, 0.05) is 24.1 Å². The second kappa shape index (κ2) is 10.8. The van der Waals surface area contributed by atoms with Gasteiger partial charge >= 0.3 is 0 Å². The number of nitrogens with one attached hydrogen (secondary N) is 1. The minimum atomic E-state index is -0.783. The van der Waals surface area contributed by atoms with Gasteiger partial charge in [0.1, 0.15) is 22.9 Å². The Balaban J connectivity index is 2.83. The molecule has 1 unspecified atom stereocenters. The van der Waals surface area contributed by atoms with E-state index in [0.29, 0.717) is 15.8 Å². The topological polar surface area (TPSA) is 71.0 Å². The fourth-order valence-corrected chi connectivity index (χ4v) is 2.24. The SMILES string of the molecule is CC(NC(=O)c1cc(Br)cc(OCC(Cl)=C(Cl)Cl)c1)C(=O)N=CN(C)C. The highest BCUT2D eigenvalue weighted by Crippen LogP contribution is 2.24. The van der Waals surface area contributed by atoms with Gasteiger partial charge in [-0.3, -0.25) is 9.59 Å². The number of hydrogen-bond donors (Lipinski definition) is 1. The number of ether oxygens (including phenoxy) is 1. The Labute approximate surface area is 175 Å². The van der Waals surface area contributed by atoms with E-state index in [1.807, 2.05) is 0 Å². The van der Waals surface area contributed by atoms with Crippen molar-refractivity contribution < 1.29 is 14.3 Å². The first kappa shape index (κ1) is 22.8. The molecular weight excluding hydrogens is 468 g/mol. The fraction of sp³-hybridized carbons (Fsp3) is 0.312. The molecule has 0 saturated heterocycles. The first-order chi connectivity index (χ1) is 12.1. The number of carbonyl (C=O) groups excluding carboxylic acids is 2. The zero-order valence-electron chi connectivity index (χ0n) is 14.2. The Morgan fingerprint density at radius 1 is 1.31 bits per heavy atom. The molecule has 0 heterocycles. The third-order valence-electron chi connectivity index (χ3n) is 2.84. The van der Waals surface area contributed by atoms with Gasteiger partial charge in [-0.2, -0.15) is 0 Å². The number of aliphatic imine (C=N–C) groups is 1. The molecule has 0 aliphatic heterocycles. The molecule has 10 heteroatoms. The Bertz CT molecular complexity index is 735. The number of halogens is 4. The first-order valence-corrected chi connectivity index (χ1v) is 9.21. The number of benzene rings is 1. The third-order valence-corrected chi connectivity index (χ3v) is 4.24. The molecule has 1 aromatic rings. The largest absolute Gasteiger partial charge is 0.488 e. The Morgan fingerprint density at radius 3 is 2.54 bits per heavy atom. The van der Waals surface area contributed by atoms with Gasteiger partial charge in [-0.1, -0.05) is 50.7 Å². The van der Waals surface area contributed by atoms with Crippen molar-refractivity contribution in [3.8, 4) is 5.75 Å². The van der Waals surface area contributed by atoms with Gasteiger partial charge in [-0.25, -0.2) is 4.99 Å². The number of nitrogens with zero attached hydrogens (tertiary/aromatic N) is 2. The monoisotopic (exact) mass is 483 g/mol. The van der Waals surface area contributed by atoms with Crippen LogP contribution >= 0.6 is 50.7 Å². The number of amides is 2. The molecule has 6 nitrogen and oxygen atoms in total. The van der Waals surface area contributed by atoms with Crippen molar-refractivity contribution in [3.63, 3.8) is 0 Å². The second-order valence-corrected chi connectivity index (χ2v) is 7.69. The molecule has 0 saturated carbocycles. The maximum Gasteiger partial charge on any atom is 0.269 e. The summed E-state index contributed by atoms with van der Waals surface area (Å²) in [4.78, 5) is 29.6. The molecule has 0 radical (unpaired) electrons. The molecule has 0 fully saturated rings. The lowest BCUT2D eigenvalue weighted by Gasteiger charge is -2.12. The van der Waals surface area contributed by atoms with Crippen LogP contribution in [0.5, 0.6) is 5.75 Å². The van der Waals surface area contributed by atoms with Crippen molar-refractivity contribution in [2.75, 3.05) is 20.7 Å². The summed E-state index contributed by atoms with van der Waals surface area (Å²) in [5.74, 6) is -0.539. The molecule has 0 aliphatic rings. The lowest BCUT2D eigenvalue weighted by atomic mass is 10.2. The van der Waals surface area contributed by atoms with E-state index in [-0.39, 0.29) is 16.1 Å². The van der Waals surface area contributed by atoms with Gasteiger partial charge in [-0.05, 0) is 25.1 Å². The van der Waals surface area contributed by atoms with E-state index in [9.17, 15) is 9.59 Å². The lowest BCUT2D eigenvalue weighted by Crippen LogP contribution is -2.38. The Morgan fingerprint density at radius 2 is 1.96 bits per heavy atom. The molecule has 142 valence electrons. The van der Waals surface area contributed by atoms with Crippen molar-refractivity contribution >= 4 is 68.9 Å². The molecular formula is C16H17BrCl3N3O3. The Kier molecular flexibility index (Phi) is 9.43. The first-order valence-electron chi connectivity index (χ1n) is 7.28. The molecule has 0 spiro atoms. The van der Waals surface area contributed by atoms with Crippen LogP contribution in [-0.4, -0.2) is 49.8 Å². The zero-order valence-corrected chi connectivity index (χ0v) is 18.1. The smallest absolute Gasteiger partial charge is 0.269 e. The van der Waals surface area contributed by atoms with Gasteiger partial charge in [0.05, 0.1) is 11.4 Å². The maximum atomic E-state index is 12.4. The molecule has 1 rings (SSSR count). The normalized spacial score (nSPS) is 11.8. The maximum absolute atomic E-state index is 12.4. The third kappa shape index (κ3) is 7.95. The van der Waals surface area contributed by atoms with Crippen molar-refractivity contribution in [3.05, 3.63) is 37.8 Å². The second-order valence-electron chi connectivity index (χ2n) is 5.37. The molecule has 0 aliphatic carbocycles. The summed E-state index contributed by atoms with van der Waals surface area (Å²) in [7, 11) is 3.48. The average molecular weight is 486 g/mol. The summed E-state index contributed by atoms with van der Waals surface area (Å²) in [6, 6.07) is 3.97. The average Bonchev–Trinajstić information content (AvgIpc) is 2.56. The van der Waals surface area contributed by atoms with Crippen molar-refractivity contribution in [2.24, 2.45) is 4.99 Å². The van der Waals surface area contributed by atoms with Gasteiger partial charge in [-0.15, -0.1) is 0 Å². The number of carbonyl (C=O) groups is 2. The molecule has 0 bridgehead atoms. The van der Waals surface area contributed by atoms with Gasteiger partial charge < -0.3 is 15.0 Å². The predicted octanol–water partition coefficient (Wildman–Crippen LogP) is 3.95. The lowest BCUT2D eigenvalue weighted by molar-refractivity contribution is -0.119. The van der Waals surface area contributed by atoms with Crippen LogP contribution in [0.15, 0.2) is 37.2 Å². The van der Waals surface area contributed by atoms with Crippen molar-refractivity contribution in [1.82, 2.24) is 10.2 Å². The van der Waals surface area contributed by atoms with E-state index < -0.39 is 17.9 Å². The van der Waals surface area contributed by atoms with Crippen LogP contribution < -0.4 is 10.1 Å². The van der Waals surface area contributed by atoms with Crippen LogP contribution in [0.25, 0.3) is 0 Å². The van der Waals surface area contributed by atoms with Crippen LogP contribution in [0.4, 0.5) is 0 Å². The Hall–Kier alpha value is -1.28. The predicted molar refractivity (Wildman–Crippen MR) is 108 cm³/mol. The van der Waals surface area contributed by atoms with E-state index in [2.05, 4.69) is 26.2 Å². The highest BCUT2D eigenvalue weighted by Gasteiger charge is 2.17. The van der Waals surface area contributed by atoms with E-state index in [0.717, 1.165) is 0 Å². The standard InChI is InChI=1S/C16H17BrCl3N3O3/c1-9(15(24)21-8-23(2)3)22-16(25)10-4-11(17)6-12(5-10)26-7-13(18)14(19)20/h4-6,8-9H,7H2,1-3H3,(H,22,25). The van der Waals surface area contributed by atoms with Crippen LogP contribution in [0.2, 0.25) is 0 Å². The van der Waals surface area contributed by atoms with E-state index in [1.165, 1.54) is 12.4 Å². The summed E-state index contributed by atoms with van der Waals surface area (Å²) >= 11 is 20.2. The number of rotatable bonds is 7. The molecule has 1 N–H and O–H groups in total. The van der Waals surface area contributed by atoms with Gasteiger partial charge in [0.2, 0.25) is 0 Å².